The monoisotopic (exact) mass is 450 g/mol. The molecule has 2 atom stereocenters. The average molecular weight is 451 g/mol. The largest absolute Gasteiger partial charge is 0.494 e. The SMILES string of the molecule is CC(=O)c1c(O)[nH]c2cc(Cl)c(-c3ccc(C4CCN(CC(F)(F)P)C4)cc3)cc12. The number of hydrogen-bond donors (Lipinski definition) is 2. The number of fused-ring (bicyclic) bond motifs is 1. The number of nitrogens with zero attached hydrogens (tertiary/aromatic N) is 1. The number of rotatable bonds is 5. The highest BCUT2D eigenvalue weighted by atomic mass is 35.5. The van der Waals surface area contributed by atoms with Crippen LogP contribution in [0.2, 0.25) is 5.02 Å². The molecule has 1 fully saturated rings. The molecule has 0 aliphatic carbocycles. The maximum absolute atomic E-state index is 13.2. The lowest BCUT2D eigenvalue weighted by atomic mass is 9.95. The van der Waals surface area contributed by atoms with Gasteiger partial charge in [0.2, 0.25) is 5.88 Å². The van der Waals surface area contributed by atoms with Gasteiger partial charge in [-0.3, -0.25) is 9.69 Å². The van der Waals surface area contributed by atoms with E-state index in [1.54, 1.807) is 26.3 Å². The number of benzene rings is 2. The number of aromatic hydroxyl groups is 1. The van der Waals surface area contributed by atoms with E-state index in [1.165, 1.54) is 6.92 Å². The van der Waals surface area contributed by atoms with Gasteiger partial charge in [0.15, 0.2) is 5.78 Å². The average Bonchev–Trinajstić information content (AvgIpc) is 3.22. The molecule has 0 saturated carbocycles. The topological polar surface area (TPSA) is 56.3 Å². The van der Waals surface area contributed by atoms with Crippen molar-refractivity contribution >= 4 is 37.5 Å². The molecule has 1 aliphatic rings. The number of hydrogen-bond acceptors (Lipinski definition) is 3. The third-order valence-electron chi connectivity index (χ3n) is 5.62. The fraction of sp³-hybridized carbons (Fsp3) is 0.318. The van der Waals surface area contributed by atoms with Crippen LogP contribution in [0.15, 0.2) is 36.4 Å². The van der Waals surface area contributed by atoms with E-state index < -0.39 is 5.66 Å². The van der Waals surface area contributed by atoms with Gasteiger partial charge in [-0.25, -0.2) is 8.78 Å². The van der Waals surface area contributed by atoms with Crippen LogP contribution in [0.3, 0.4) is 0 Å². The number of carbonyl (C=O) groups is 1. The highest BCUT2D eigenvalue weighted by Crippen LogP contribution is 2.37. The van der Waals surface area contributed by atoms with Crippen molar-refractivity contribution in [1.82, 2.24) is 9.88 Å². The number of likely N-dealkylation sites (tertiary alicyclic amines) is 1. The second-order valence-corrected chi connectivity index (χ2v) is 9.14. The van der Waals surface area contributed by atoms with Crippen LogP contribution in [0.5, 0.6) is 5.88 Å². The number of alkyl halides is 2. The zero-order valence-corrected chi connectivity index (χ0v) is 18.3. The van der Waals surface area contributed by atoms with E-state index in [0.717, 1.165) is 23.1 Å². The maximum Gasteiger partial charge on any atom is 0.271 e. The quantitative estimate of drug-likeness (QED) is 0.390. The second-order valence-electron chi connectivity index (χ2n) is 7.89. The molecule has 1 aromatic heterocycles. The van der Waals surface area contributed by atoms with Crippen molar-refractivity contribution in [2.24, 2.45) is 0 Å². The molecular weight excluding hydrogens is 429 g/mol. The van der Waals surface area contributed by atoms with E-state index in [4.69, 9.17) is 11.6 Å². The molecule has 0 spiro atoms. The van der Waals surface area contributed by atoms with Crippen molar-refractivity contribution in [3.05, 3.63) is 52.5 Å². The van der Waals surface area contributed by atoms with Gasteiger partial charge in [-0.15, -0.1) is 0 Å². The number of ketones is 1. The van der Waals surface area contributed by atoms with E-state index in [0.29, 0.717) is 29.0 Å². The van der Waals surface area contributed by atoms with Crippen LogP contribution in [-0.4, -0.2) is 46.1 Å². The molecule has 3 aromatic rings. The number of H-pyrrole nitrogens is 1. The van der Waals surface area contributed by atoms with E-state index in [-0.39, 0.29) is 29.7 Å². The Kier molecular flexibility index (Phi) is 5.60. The third-order valence-corrected chi connectivity index (χ3v) is 6.11. The van der Waals surface area contributed by atoms with E-state index in [2.05, 4.69) is 4.98 Å². The summed E-state index contributed by atoms with van der Waals surface area (Å²) in [5, 5.41) is 11.2. The number of aromatic nitrogens is 1. The van der Waals surface area contributed by atoms with Crippen LogP contribution in [0.4, 0.5) is 8.78 Å². The zero-order chi connectivity index (χ0) is 21.6. The van der Waals surface area contributed by atoms with Crippen molar-refractivity contribution in [3.8, 4) is 17.0 Å². The fourth-order valence-corrected chi connectivity index (χ4v) is 4.79. The van der Waals surface area contributed by atoms with Gasteiger partial charge in [-0.1, -0.05) is 45.1 Å². The summed E-state index contributed by atoms with van der Waals surface area (Å²) >= 11 is 6.46. The maximum atomic E-state index is 13.2. The Morgan fingerprint density at radius 1 is 1.33 bits per heavy atom. The summed E-state index contributed by atoms with van der Waals surface area (Å²) in [7, 11) is 1.60. The third kappa shape index (κ3) is 4.22. The molecule has 0 radical (unpaired) electrons. The lowest BCUT2D eigenvalue weighted by Crippen LogP contribution is -2.31. The van der Waals surface area contributed by atoms with Gasteiger partial charge in [-0.2, -0.15) is 0 Å². The minimum atomic E-state index is -2.76. The Morgan fingerprint density at radius 2 is 2.03 bits per heavy atom. The van der Waals surface area contributed by atoms with Crippen LogP contribution in [0, 0.1) is 0 Å². The molecule has 30 heavy (non-hydrogen) atoms. The molecule has 4 nitrogen and oxygen atoms in total. The van der Waals surface area contributed by atoms with Crippen LogP contribution in [-0.2, 0) is 0 Å². The van der Waals surface area contributed by atoms with E-state index in [9.17, 15) is 18.7 Å². The first kappa shape index (κ1) is 21.2. The molecule has 8 heteroatoms. The van der Waals surface area contributed by atoms with E-state index >= 15 is 0 Å². The van der Waals surface area contributed by atoms with Gasteiger partial charge >= 0.3 is 0 Å². The molecule has 1 aliphatic heterocycles. The summed E-state index contributed by atoms with van der Waals surface area (Å²) in [6.07, 6.45) is 0.845. The van der Waals surface area contributed by atoms with Gasteiger partial charge in [-0.05, 0) is 49.1 Å². The molecule has 0 bridgehead atoms. The van der Waals surface area contributed by atoms with Gasteiger partial charge < -0.3 is 10.1 Å². The lowest BCUT2D eigenvalue weighted by molar-refractivity contribution is 0.0624. The Morgan fingerprint density at radius 3 is 2.67 bits per heavy atom. The lowest BCUT2D eigenvalue weighted by Gasteiger charge is -2.20. The van der Waals surface area contributed by atoms with Crippen molar-refractivity contribution in [2.45, 2.75) is 24.9 Å². The van der Waals surface area contributed by atoms with E-state index in [1.807, 2.05) is 24.3 Å². The minimum Gasteiger partial charge on any atom is -0.494 e. The van der Waals surface area contributed by atoms with Gasteiger partial charge in [0, 0.05) is 17.5 Å². The molecule has 2 N–H and O–H groups in total. The van der Waals surface area contributed by atoms with Crippen molar-refractivity contribution in [2.75, 3.05) is 19.6 Å². The normalized spacial score (nSPS) is 17.7. The van der Waals surface area contributed by atoms with Crippen LogP contribution >= 0.6 is 20.8 Å². The van der Waals surface area contributed by atoms with Gasteiger partial charge in [0.05, 0.1) is 22.6 Å². The highest BCUT2D eigenvalue weighted by molar-refractivity contribution is 7.18. The first-order valence-corrected chi connectivity index (χ1v) is 10.6. The Bertz CT molecular complexity index is 1110. The van der Waals surface area contributed by atoms with Crippen LogP contribution < -0.4 is 0 Å². The molecule has 2 unspecified atom stereocenters. The summed E-state index contributed by atoms with van der Waals surface area (Å²) in [6, 6.07) is 11.4. The smallest absolute Gasteiger partial charge is 0.271 e. The van der Waals surface area contributed by atoms with Gasteiger partial charge in [0.25, 0.3) is 5.66 Å². The van der Waals surface area contributed by atoms with Crippen molar-refractivity contribution in [3.63, 3.8) is 0 Å². The first-order chi connectivity index (χ1) is 14.1. The number of nitrogens with one attached hydrogen (secondary N) is 1. The molecule has 2 aromatic carbocycles. The number of Topliss-reactive ketones (excluding diaryl/α,β-unsaturated/α-hetero) is 1. The Balaban J connectivity index is 1.60. The highest BCUT2D eigenvalue weighted by Gasteiger charge is 2.31. The molecule has 4 rings (SSSR count). The molecule has 1 saturated heterocycles. The Hall–Kier alpha value is -2.01. The predicted octanol–water partition coefficient (Wildman–Crippen LogP) is 5.65. The standard InChI is InChI=1S/C22H22ClF2N2O2P/c1-12(28)20-17-8-16(18(23)9-19(17)26-21(20)29)14-4-2-13(3-5-14)15-6-7-27(10-15)11-22(24,25)30/h2-5,8-9,15,26,29H,6-7,10-11,30H2,1H3. The Labute approximate surface area is 180 Å². The number of carbonyl (C=O) groups excluding carboxylic acids is 1. The fourth-order valence-electron chi connectivity index (χ4n) is 4.26. The predicted molar refractivity (Wildman–Crippen MR) is 119 cm³/mol. The van der Waals surface area contributed by atoms with Crippen LogP contribution in [0.1, 0.15) is 35.2 Å². The van der Waals surface area contributed by atoms with Crippen LogP contribution in [0.25, 0.3) is 22.0 Å². The second kappa shape index (κ2) is 7.92. The number of aromatic amines is 1. The summed E-state index contributed by atoms with van der Waals surface area (Å²) < 4.78 is 26.5. The summed E-state index contributed by atoms with van der Waals surface area (Å²) in [4.78, 5) is 16.5. The summed E-state index contributed by atoms with van der Waals surface area (Å²) in [5.74, 6) is -0.178. The van der Waals surface area contributed by atoms with Crippen molar-refractivity contribution < 1.29 is 18.7 Å². The van der Waals surface area contributed by atoms with Crippen molar-refractivity contribution in [1.29, 1.82) is 0 Å². The molecular formula is C22H22ClF2N2O2P. The molecule has 2 heterocycles. The zero-order valence-electron chi connectivity index (χ0n) is 16.4. The summed E-state index contributed by atoms with van der Waals surface area (Å²) in [6.45, 7) is 2.43. The first-order valence-electron chi connectivity index (χ1n) is 9.67. The summed E-state index contributed by atoms with van der Waals surface area (Å²) in [5.41, 5.74) is 0.824. The minimum absolute atomic E-state index is 0.164. The molecule has 0 amide bonds. The van der Waals surface area contributed by atoms with Gasteiger partial charge in [0.1, 0.15) is 0 Å². The number of halogens is 3. The molecule has 158 valence electrons.